The zero-order chi connectivity index (χ0) is 14.0. The average Bonchev–Trinajstić information content (AvgIpc) is 2.63. The number of fused-ring (bicyclic) bond motifs is 1. The van der Waals surface area contributed by atoms with E-state index in [4.69, 9.17) is 0 Å². The number of rotatable bonds is 5. The highest BCUT2D eigenvalue weighted by molar-refractivity contribution is 7.90. The Labute approximate surface area is 112 Å². The molecule has 1 atom stereocenters. The highest BCUT2D eigenvalue weighted by Crippen LogP contribution is 2.05. The summed E-state index contributed by atoms with van der Waals surface area (Å²) in [6, 6.07) is 1.81. The summed E-state index contributed by atoms with van der Waals surface area (Å²) in [6.45, 7) is 4.34. The summed E-state index contributed by atoms with van der Waals surface area (Å²) in [5.41, 5.74) is 2.70. The molecule has 2 aromatic rings. The van der Waals surface area contributed by atoms with Crippen molar-refractivity contribution < 1.29 is 8.42 Å². The minimum atomic E-state index is -2.95. The molecule has 0 saturated carbocycles. The Morgan fingerprint density at radius 2 is 2.21 bits per heavy atom. The van der Waals surface area contributed by atoms with Gasteiger partial charge in [0.2, 0.25) is 0 Å². The Hall–Kier alpha value is -1.47. The maximum absolute atomic E-state index is 11.2. The predicted molar refractivity (Wildman–Crippen MR) is 73.7 cm³/mol. The SMILES string of the molecule is Cc1cc2ncc(CNC(C)CS(C)(=O)=O)cn2n1. The zero-order valence-electron chi connectivity index (χ0n) is 11.3. The normalized spacial score (nSPS) is 13.8. The lowest BCUT2D eigenvalue weighted by molar-refractivity contribution is 0.558. The minimum Gasteiger partial charge on any atom is -0.309 e. The number of hydrogen-bond donors (Lipinski definition) is 1. The number of sulfone groups is 1. The van der Waals surface area contributed by atoms with E-state index in [1.807, 2.05) is 26.1 Å². The number of nitrogens with zero attached hydrogens (tertiary/aromatic N) is 3. The van der Waals surface area contributed by atoms with Crippen LogP contribution in [0.4, 0.5) is 0 Å². The van der Waals surface area contributed by atoms with Gasteiger partial charge >= 0.3 is 0 Å². The smallest absolute Gasteiger partial charge is 0.155 e. The summed E-state index contributed by atoms with van der Waals surface area (Å²) < 4.78 is 24.1. The highest BCUT2D eigenvalue weighted by Gasteiger charge is 2.10. The summed E-state index contributed by atoms with van der Waals surface area (Å²) >= 11 is 0. The van der Waals surface area contributed by atoms with Crippen LogP contribution in [0.2, 0.25) is 0 Å². The molecule has 19 heavy (non-hydrogen) atoms. The first-order valence-corrected chi connectivity index (χ1v) is 8.11. The molecule has 0 aromatic carbocycles. The zero-order valence-corrected chi connectivity index (χ0v) is 12.1. The molecule has 0 fully saturated rings. The first-order chi connectivity index (χ1) is 8.83. The fourth-order valence-electron chi connectivity index (χ4n) is 1.93. The monoisotopic (exact) mass is 282 g/mol. The lowest BCUT2D eigenvalue weighted by atomic mass is 10.3. The third kappa shape index (κ3) is 4.00. The van der Waals surface area contributed by atoms with Crippen LogP contribution in [-0.4, -0.2) is 41.1 Å². The molecule has 0 spiro atoms. The molecule has 0 bridgehead atoms. The van der Waals surface area contributed by atoms with Gasteiger partial charge in [0, 0.05) is 42.9 Å². The molecule has 0 aliphatic carbocycles. The van der Waals surface area contributed by atoms with Gasteiger partial charge in [-0.15, -0.1) is 0 Å². The summed E-state index contributed by atoms with van der Waals surface area (Å²) in [4.78, 5) is 4.30. The van der Waals surface area contributed by atoms with Gasteiger partial charge in [-0.2, -0.15) is 5.10 Å². The predicted octanol–water partition coefficient (Wildman–Crippen LogP) is 0.560. The van der Waals surface area contributed by atoms with Crippen molar-refractivity contribution in [3.63, 3.8) is 0 Å². The van der Waals surface area contributed by atoms with E-state index in [1.54, 1.807) is 10.7 Å². The molecule has 2 heterocycles. The first-order valence-electron chi connectivity index (χ1n) is 6.05. The van der Waals surface area contributed by atoms with Gasteiger partial charge in [-0.05, 0) is 13.8 Å². The summed E-state index contributed by atoms with van der Waals surface area (Å²) in [7, 11) is -2.95. The van der Waals surface area contributed by atoms with E-state index >= 15 is 0 Å². The lowest BCUT2D eigenvalue weighted by Crippen LogP contribution is -2.32. The second-order valence-electron chi connectivity index (χ2n) is 4.93. The van der Waals surface area contributed by atoms with E-state index in [0.29, 0.717) is 6.54 Å². The molecule has 1 unspecified atom stereocenters. The third-order valence-corrected chi connectivity index (χ3v) is 3.80. The molecule has 0 amide bonds. The van der Waals surface area contributed by atoms with Gasteiger partial charge in [-0.3, -0.25) is 0 Å². The standard InChI is InChI=1S/C12H18N4O2S/c1-9-4-12-14-6-11(7-16(12)15-9)5-13-10(2)8-19(3,17)18/h4,6-7,10,13H,5,8H2,1-3H3. The van der Waals surface area contributed by atoms with E-state index in [9.17, 15) is 8.42 Å². The topological polar surface area (TPSA) is 76.4 Å². The van der Waals surface area contributed by atoms with Crippen LogP contribution in [0.1, 0.15) is 18.2 Å². The maximum Gasteiger partial charge on any atom is 0.155 e. The first kappa shape index (κ1) is 14.0. The van der Waals surface area contributed by atoms with E-state index < -0.39 is 9.84 Å². The van der Waals surface area contributed by atoms with Crippen LogP contribution in [0.15, 0.2) is 18.5 Å². The minimum absolute atomic E-state index is 0.0925. The second-order valence-corrected chi connectivity index (χ2v) is 7.11. The van der Waals surface area contributed by atoms with Crippen molar-refractivity contribution in [1.82, 2.24) is 19.9 Å². The van der Waals surface area contributed by atoms with Crippen LogP contribution in [-0.2, 0) is 16.4 Å². The lowest BCUT2D eigenvalue weighted by Gasteiger charge is -2.12. The fraction of sp³-hybridized carbons (Fsp3) is 0.500. The van der Waals surface area contributed by atoms with Crippen molar-refractivity contribution in [3.05, 3.63) is 29.7 Å². The molecule has 6 nitrogen and oxygen atoms in total. The molecule has 0 radical (unpaired) electrons. The van der Waals surface area contributed by atoms with Crippen LogP contribution >= 0.6 is 0 Å². The van der Waals surface area contributed by atoms with Crippen molar-refractivity contribution in [3.8, 4) is 0 Å². The van der Waals surface area contributed by atoms with Gasteiger partial charge in [0.05, 0.1) is 11.4 Å². The van der Waals surface area contributed by atoms with Crippen molar-refractivity contribution in [2.75, 3.05) is 12.0 Å². The molecule has 0 aliphatic rings. The Morgan fingerprint density at radius 1 is 1.47 bits per heavy atom. The largest absolute Gasteiger partial charge is 0.309 e. The van der Waals surface area contributed by atoms with Crippen LogP contribution < -0.4 is 5.32 Å². The van der Waals surface area contributed by atoms with Crippen LogP contribution in [0.5, 0.6) is 0 Å². The van der Waals surface area contributed by atoms with E-state index in [1.165, 1.54) is 6.26 Å². The molecule has 2 rings (SSSR count). The molecule has 0 saturated heterocycles. The maximum atomic E-state index is 11.2. The Balaban J connectivity index is 2.01. The van der Waals surface area contributed by atoms with Gasteiger partial charge in [0.15, 0.2) is 5.65 Å². The van der Waals surface area contributed by atoms with E-state index in [0.717, 1.165) is 16.9 Å². The number of nitrogens with one attached hydrogen (secondary N) is 1. The number of aromatic nitrogens is 3. The molecular formula is C12H18N4O2S. The van der Waals surface area contributed by atoms with Crippen molar-refractivity contribution in [1.29, 1.82) is 0 Å². The molecule has 1 N–H and O–H groups in total. The number of hydrogen-bond acceptors (Lipinski definition) is 5. The number of aryl methyl sites for hydroxylation is 1. The third-order valence-electron chi connectivity index (χ3n) is 2.70. The van der Waals surface area contributed by atoms with Gasteiger partial charge in [-0.25, -0.2) is 17.9 Å². The molecule has 104 valence electrons. The molecule has 0 aliphatic heterocycles. The Kier molecular flexibility index (Phi) is 3.86. The van der Waals surface area contributed by atoms with Gasteiger partial charge in [0.1, 0.15) is 9.84 Å². The van der Waals surface area contributed by atoms with Crippen LogP contribution in [0, 0.1) is 6.92 Å². The van der Waals surface area contributed by atoms with Gasteiger partial charge in [-0.1, -0.05) is 0 Å². The molecular weight excluding hydrogens is 264 g/mol. The van der Waals surface area contributed by atoms with Crippen molar-refractivity contribution in [2.24, 2.45) is 0 Å². The fourth-order valence-corrected chi connectivity index (χ4v) is 2.96. The Morgan fingerprint density at radius 3 is 2.89 bits per heavy atom. The molecule has 7 heteroatoms. The second kappa shape index (κ2) is 5.26. The van der Waals surface area contributed by atoms with E-state index in [-0.39, 0.29) is 11.8 Å². The van der Waals surface area contributed by atoms with Gasteiger partial charge in [0.25, 0.3) is 0 Å². The summed E-state index contributed by atoms with van der Waals surface area (Å²) in [6.07, 6.45) is 4.91. The summed E-state index contributed by atoms with van der Waals surface area (Å²) in [5.74, 6) is 0.129. The van der Waals surface area contributed by atoms with Crippen molar-refractivity contribution >= 4 is 15.5 Å². The average molecular weight is 282 g/mol. The Bertz CT molecular complexity index is 678. The van der Waals surface area contributed by atoms with E-state index in [2.05, 4.69) is 15.4 Å². The van der Waals surface area contributed by atoms with Gasteiger partial charge < -0.3 is 5.32 Å². The van der Waals surface area contributed by atoms with Crippen molar-refractivity contribution in [2.45, 2.75) is 26.4 Å². The van der Waals surface area contributed by atoms with Crippen LogP contribution in [0.25, 0.3) is 5.65 Å². The molecule has 2 aromatic heterocycles. The highest BCUT2D eigenvalue weighted by atomic mass is 32.2. The summed E-state index contributed by atoms with van der Waals surface area (Å²) in [5, 5.41) is 7.46. The van der Waals surface area contributed by atoms with Crippen LogP contribution in [0.3, 0.4) is 0 Å². The quantitative estimate of drug-likeness (QED) is 0.867.